The molecule has 3 heteroatoms. The van der Waals surface area contributed by atoms with Crippen LogP contribution < -0.4 is 0 Å². The normalized spacial score (nSPS) is 15.2. The van der Waals surface area contributed by atoms with Crippen LogP contribution >= 0.6 is 23.2 Å². The van der Waals surface area contributed by atoms with E-state index in [-0.39, 0.29) is 10.8 Å². The van der Waals surface area contributed by atoms with Gasteiger partial charge in [0.2, 0.25) is 0 Å². The Morgan fingerprint density at radius 2 is 0.957 bits per heavy atom. The summed E-state index contributed by atoms with van der Waals surface area (Å²) in [6, 6.07) is 20.0. The second kappa shape index (κ2) is 7.25. The summed E-state index contributed by atoms with van der Waals surface area (Å²) >= 11 is 13.4. The lowest BCUT2D eigenvalue weighted by atomic mass is 9.93. The average molecular weight is 351 g/mol. The van der Waals surface area contributed by atoms with Gasteiger partial charge in [0.15, 0.2) is 0 Å². The monoisotopic (exact) mass is 350 g/mol. The quantitative estimate of drug-likeness (QED) is 0.538. The Kier molecular flexibility index (Phi) is 5.78. The molecule has 0 aliphatic heterocycles. The number of alkyl halides is 2. The molecule has 0 bridgehead atoms. The van der Waals surface area contributed by atoms with Gasteiger partial charge in [-0.05, 0) is 38.8 Å². The summed E-state index contributed by atoms with van der Waals surface area (Å²) in [5.74, 6) is 0. The summed E-state index contributed by atoms with van der Waals surface area (Å²) in [5.41, 5.74) is 0.962. The Hall–Kier alpha value is -1.02. The highest BCUT2D eigenvalue weighted by atomic mass is 35.5. The standard InChI is InChI=1S/C20H24Cl2O/c1-19(2,17(21)15-11-7-5-8-12-15)23-20(3,4)18(22)16-13-9-6-10-14-16/h5-14,17-18H,1-4H3. The molecule has 0 radical (unpaired) electrons. The van der Waals surface area contributed by atoms with Gasteiger partial charge in [-0.3, -0.25) is 0 Å². The van der Waals surface area contributed by atoms with Gasteiger partial charge in [-0.2, -0.15) is 0 Å². The zero-order chi connectivity index (χ0) is 17.1. The second-order valence-electron chi connectivity index (χ2n) is 6.86. The van der Waals surface area contributed by atoms with Gasteiger partial charge in [0.05, 0.1) is 22.0 Å². The molecule has 0 saturated heterocycles. The predicted molar refractivity (Wildman–Crippen MR) is 99.3 cm³/mol. The van der Waals surface area contributed by atoms with Crippen molar-refractivity contribution in [2.24, 2.45) is 0 Å². The van der Waals surface area contributed by atoms with Crippen LogP contribution in [0.1, 0.15) is 49.6 Å². The van der Waals surface area contributed by atoms with Crippen molar-refractivity contribution >= 4 is 23.2 Å². The third-order valence-corrected chi connectivity index (χ3v) is 5.49. The molecule has 2 atom stereocenters. The Bertz CT molecular complexity index is 553. The van der Waals surface area contributed by atoms with Gasteiger partial charge in [-0.1, -0.05) is 60.7 Å². The summed E-state index contributed by atoms with van der Waals surface area (Å²) in [5, 5.41) is -0.523. The van der Waals surface area contributed by atoms with Crippen molar-refractivity contribution in [3.63, 3.8) is 0 Å². The van der Waals surface area contributed by atoms with Crippen molar-refractivity contribution in [1.29, 1.82) is 0 Å². The molecule has 1 nitrogen and oxygen atoms in total. The Morgan fingerprint density at radius 3 is 1.26 bits per heavy atom. The fraction of sp³-hybridized carbons (Fsp3) is 0.400. The zero-order valence-corrected chi connectivity index (χ0v) is 15.6. The van der Waals surface area contributed by atoms with E-state index in [1.54, 1.807) is 0 Å². The first-order valence-electron chi connectivity index (χ1n) is 7.82. The minimum atomic E-state index is -0.561. The summed E-state index contributed by atoms with van der Waals surface area (Å²) in [7, 11) is 0. The van der Waals surface area contributed by atoms with E-state index < -0.39 is 11.2 Å². The molecule has 2 rings (SSSR count). The summed E-state index contributed by atoms with van der Waals surface area (Å²) in [6.07, 6.45) is 0. The predicted octanol–water partition coefficient (Wildman–Crippen LogP) is 6.52. The van der Waals surface area contributed by atoms with E-state index in [2.05, 4.69) is 0 Å². The van der Waals surface area contributed by atoms with E-state index in [0.29, 0.717) is 0 Å². The highest BCUT2D eigenvalue weighted by Crippen LogP contribution is 2.43. The van der Waals surface area contributed by atoms with Crippen LogP contribution in [0.3, 0.4) is 0 Å². The largest absolute Gasteiger partial charge is 0.366 e. The van der Waals surface area contributed by atoms with Crippen LogP contribution in [0, 0.1) is 0 Å². The van der Waals surface area contributed by atoms with Crippen molar-refractivity contribution in [2.75, 3.05) is 0 Å². The summed E-state index contributed by atoms with van der Waals surface area (Å²) < 4.78 is 6.39. The van der Waals surface area contributed by atoms with Gasteiger partial charge < -0.3 is 4.74 Å². The molecular weight excluding hydrogens is 327 g/mol. The number of halogens is 2. The molecule has 0 aliphatic rings. The van der Waals surface area contributed by atoms with Crippen LogP contribution in [0.2, 0.25) is 0 Å². The molecule has 2 aromatic carbocycles. The molecule has 2 unspecified atom stereocenters. The molecule has 124 valence electrons. The zero-order valence-electron chi connectivity index (χ0n) is 14.1. The number of benzene rings is 2. The van der Waals surface area contributed by atoms with Gasteiger partial charge >= 0.3 is 0 Å². The maximum Gasteiger partial charge on any atom is 0.0870 e. The molecular formula is C20H24Cl2O. The van der Waals surface area contributed by atoms with Crippen molar-refractivity contribution < 1.29 is 4.74 Å². The lowest BCUT2D eigenvalue weighted by Crippen LogP contribution is -2.42. The van der Waals surface area contributed by atoms with Crippen molar-refractivity contribution in [1.82, 2.24) is 0 Å². The molecule has 0 spiro atoms. The molecule has 0 saturated carbocycles. The van der Waals surface area contributed by atoms with E-state index in [4.69, 9.17) is 27.9 Å². The molecule has 23 heavy (non-hydrogen) atoms. The third kappa shape index (κ3) is 4.50. The number of ether oxygens (including phenoxy) is 1. The minimum Gasteiger partial charge on any atom is -0.366 e. The number of hydrogen-bond donors (Lipinski definition) is 0. The Labute approximate surface area is 149 Å². The van der Waals surface area contributed by atoms with Crippen LogP contribution in [-0.2, 0) is 4.74 Å². The van der Waals surface area contributed by atoms with Gasteiger partial charge in [0.25, 0.3) is 0 Å². The van der Waals surface area contributed by atoms with Crippen LogP contribution in [-0.4, -0.2) is 11.2 Å². The van der Waals surface area contributed by atoms with Crippen molar-refractivity contribution in [3.05, 3.63) is 71.8 Å². The number of rotatable bonds is 6. The molecule has 0 aliphatic carbocycles. The van der Waals surface area contributed by atoms with Gasteiger partial charge in [-0.15, -0.1) is 23.2 Å². The van der Waals surface area contributed by atoms with Crippen LogP contribution in [0.5, 0.6) is 0 Å². The first-order chi connectivity index (χ1) is 10.7. The third-order valence-electron chi connectivity index (χ3n) is 3.93. The van der Waals surface area contributed by atoms with Gasteiger partial charge in [0.1, 0.15) is 0 Å². The molecule has 0 aromatic heterocycles. The minimum absolute atomic E-state index is 0.261. The van der Waals surface area contributed by atoms with Crippen molar-refractivity contribution in [3.8, 4) is 0 Å². The molecule has 0 heterocycles. The SMILES string of the molecule is CC(C)(OC(C)(C)C(Cl)c1ccccc1)C(Cl)c1ccccc1. The molecule has 2 aromatic rings. The van der Waals surface area contributed by atoms with E-state index in [1.807, 2.05) is 88.4 Å². The lowest BCUT2D eigenvalue weighted by Gasteiger charge is -2.41. The fourth-order valence-corrected chi connectivity index (χ4v) is 3.21. The molecule has 0 fully saturated rings. The van der Waals surface area contributed by atoms with Crippen LogP contribution in [0.4, 0.5) is 0 Å². The average Bonchev–Trinajstić information content (AvgIpc) is 2.54. The number of hydrogen-bond acceptors (Lipinski definition) is 1. The summed E-state index contributed by atoms with van der Waals surface area (Å²) in [4.78, 5) is 0. The fourth-order valence-electron chi connectivity index (χ4n) is 2.83. The van der Waals surface area contributed by atoms with Crippen LogP contribution in [0.15, 0.2) is 60.7 Å². The van der Waals surface area contributed by atoms with E-state index in [1.165, 1.54) is 0 Å². The Morgan fingerprint density at radius 1 is 0.652 bits per heavy atom. The van der Waals surface area contributed by atoms with E-state index in [9.17, 15) is 0 Å². The lowest BCUT2D eigenvalue weighted by molar-refractivity contribution is -0.126. The smallest absolute Gasteiger partial charge is 0.0870 e. The molecule has 0 N–H and O–H groups in total. The maximum atomic E-state index is 6.69. The highest BCUT2D eigenvalue weighted by molar-refractivity contribution is 6.22. The first kappa shape index (κ1) is 18.3. The van der Waals surface area contributed by atoms with Crippen LogP contribution in [0.25, 0.3) is 0 Å². The van der Waals surface area contributed by atoms with E-state index in [0.717, 1.165) is 11.1 Å². The topological polar surface area (TPSA) is 9.23 Å². The molecule has 0 amide bonds. The summed E-state index contributed by atoms with van der Waals surface area (Å²) in [6.45, 7) is 8.03. The van der Waals surface area contributed by atoms with Crippen molar-refractivity contribution in [2.45, 2.75) is 49.7 Å². The van der Waals surface area contributed by atoms with Gasteiger partial charge in [0, 0.05) is 0 Å². The highest BCUT2D eigenvalue weighted by Gasteiger charge is 2.40. The van der Waals surface area contributed by atoms with E-state index >= 15 is 0 Å². The Balaban J connectivity index is 2.18. The first-order valence-corrected chi connectivity index (χ1v) is 8.69. The maximum absolute atomic E-state index is 6.69. The van der Waals surface area contributed by atoms with Gasteiger partial charge in [-0.25, -0.2) is 0 Å². The second-order valence-corrected chi connectivity index (χ2v) is 7.73.